The van der Waals surface area contributed by atoms with Gasteiger partial charge in [0.25, 0.3) is 6.47 Å². The summed E-state index contributed by atoms with van der Waals surface area (Å²) in [5.41, 5.74) is 2.23. The maximum atomic E-state index is 9.18. The molecule has 3 rings (SSSR count). The summed E-state index contributed by atoms with van der Waals surface area (Å²) >= 11 is 6.27. The number of carbonyl (C=O) groups excluding carboxylic acids is 1. The summed E-state index contributed by atoms with van der Waals surface area (Å²) in [5.74, 6) is 0. The van der Waals surface area contributed by atoms with Gasteiger partial charge in [0.2, 0.25) is 0 Å². The Kier molecular flexibility index (Phi) is 5.41. The van der Waals surface area contributed by atoms with Crippen LogP contribution < -0.4 is 0 Å². The van der Waals surface area contributed by atoms with E-state index in [0.29, 0.717) is 13.1 Å². The number of rotatable bonds is 3. The Morgan fingerprint density at radius 1 is 1.10 bits per heavy atom. The fourth-order valence-electron chi connectivity index (χ4n) is 2.03. The van der Waals surface area contributed by atoms with Crippen molar-refractivity contribution in [2.75, 3.05) is 6.61 Å². The molecule has 0 fully saturated rings. The molecule has 0 spiro atoms. The van der Waals surface area contributed by atoms with E-state index in [2.05, 4.69) is 33.6 Å². The molecular formula is C17H16ClNO2. The number of halogens is 1. The minimum absolute atomic E-state index is 0.431. The highest BCUT2D eigenvalue weighted by molar-refractivity contribution is 6.31. The van der Waals surface area contributed by atoms with Crippen LogP contribution in [0, 0.1) is 0 Å². The maximum Gasteiger partial charge on any atom is 0.293 e. The van der Waals surface area contributed by atoms with Gasteiger partial charge in [-0.05, 0) is 31.2 Å². The normalized spacial score (nSPS) is 9.81. The Morgan fingerprint density at radius 3 is 2.38 bits per heavy atom. The lowest BCUT2D eigenvalue weighted by atomic mass is 10.2. The zero-order valence-electron chi connectivity index (χ0n) is 11.7. The van der Waals surface area contributed by atoms with Crippen LogP contribution in [0.25, 0.3) is 16.6 Å². The van der Waals surface area contributed by atoms with Crippen LogP contribution in [0.1, 0.15) is 6.92 Å². The molecular weight excluding hydrogens is 286 g/mol. The average molecular weight is 302 g/mol. The first kappa shape index (κ1) is 15.1. The number of para-hydroxylation sites is 2. The van der Waals surface area contributed by atoms with Crippen LogP contribution in [-0.4, -0.2) is 17.6 Å². The molecule has 3 nitrogen and oxygen atoms in total. The van der Waals surface area contributed by atoms with Crippen molar-refractivity contribution >= 4 is 29.0 Å². The van der Waals surface area contributed by atoms with Crippen molar-refractivity contribution < 1.29 is 9.53 Å². The summed E-state index contributed by atoms with van der Waals surface area (Å²) in [6.07, 6.45) is 0. The lowest BCUT2D eigenvalue weighted by molar-refractivity contribution is -0.128. The first-order valence-corrected chi connectivity index (χ1v) is 7.02. The number of benzene rings is 2. The molecule has 3 aromatic rings. The highest BCUT2D eigenvalue weighted by Crippen LogP contribution is 2.27. The number of hydrogen-bond acceptors (Lipinski definition) is 2. The van der Waals surface area contributed by atoms with Gasteiger partial charge >= 0.3 is 0 Å². The van der Waals surface area contributed by atoms with Gasteiger partial charge in [0.05, 0.1) is 12.1 Å². The lowest BCUT2D eigenvalue weighted by Gasteiger charge is -2.06. The Bertz CT molecular complexity index is 707. The molecule has 21 heavy (non-hydrogen) atoms. The summed E-state index contributed by atoms with van der Waals surface area (Å²) in [6, 6.07) is 20.3. The highest BCUT2D eigenvalue weighted by atomic mass is 35.5. The Labute approximate surface area is 128 Å². The van der Waals surface area contributed by atoms with E-state index in [-0.39, 0.29) is 0 Å². The topological polar surface area (TPSA) is 31.2 Å². The molecule has 0 amide bonds. The summed E-state index contributed by atoms with van der Waals surface area (Å²) in [7, 11) is 0. The van der Waals surface area contributed by atoms with Gasteiger partial charge in [-0.1, -0.05) is 48.0 Å². The van der Waals surface area contributed by atoms with Gasteiger partial charge in [0.15, 0.2) is 0 Å². The van der Waals surface area contributed by atoms with Crippen LogP contribution >= 0.6 is 11.6 Å². The van der Waals surface area contributed by atoms with E-state index < -0.39 is 0 Å². The fourth-order valence-corrected chi connectivity index (χ4v) is 2.33. The lowest BCUT2D eigenvalue weighted by Crippen LogP contribution is -1.92. The van der Waals surface area contributed by atoms with Crippen LogP contribution in [0.3, 0.4) is 0 Å². The molecule has 0 saturated carbocycles. The SMILES string of the molecule is CCOC=O.Clc1cc2ccccc2n1-c1ccccc1. The molecule has 0 saturated heterocycles. The van der Waals surface area contributed by atoms with Gasteiger partial charge in [0.1, 0.15) is 5.15 Å². The summed E-state index contributed by atoms with van der Waals surface area (Å²) in [4.78, 5) is 9.18. The Hall–Kier alpha value is -2.26. The number of fused-ring (bicyclic) bond motifs is 1. The fraction of sp³-hybridized carbons (Fsp3) is 0.118. The second-order valence-electron chi connectivity index (χ2n) is 4.25. The molecule has 0 unspecified atom stereocenters. The first-order valence-electron chi connectivity index (χ1n) is 6.64. The second kappa shape index (κ2) is 7.50. The second-order valence-corrected chi connectivity index (χ2v) is 4.64. The third-order valence-corrected chi connectivity index (χ3v) is 3.19. The first-order chi connectivity index (χ1) is 10.3. The van der Waals surface area contributed by atoms with E-state index in [1.807, 2.05) is 36.4 Å². The van der Waals surface area contributed by atoms with E-state index in [9.17, 15) is 4.79 Å². The van der Waals surface area contributed by atoms with Crippen molar-refractivity contribution in [3.63, 3.8) is 0 Å². The number of aromatic nitrogens is 1. The van der Waals surface area contributed by atoms with Crippen molar-refractivity contribution in [2.45, 2.75) is 6.92 Å². The third-order valence-electron chi connectivity index (χ3n) is 2.91. The van der Waals surface area contributed by atoms with Gasteiger partial charge in [-0.25, -0.2) is 0 Å². The van der Waals surface area contributed by atoms with E-state index in [0.717, 1.165) is 21.7 Å². The molecule has 0 radical (unpaired) electrons. The van der Waals surface area contributed by atoms with Crippen LogP contribution in [0.15, 0.2) is 60.7 Å². The molecule has 0 aliphatic heterocycles. The van der Waals surface area contributed by atoms with Crippen molar-refractivity contribution in [1.29, 1.82) is 0 Å². The molecule has 0 atom stereocenters. The van der Waals surface area contributed by atoms with Gasteiger partial charge in [-0.15, -0.1) is 0 Å². The van der Waals surface area contributed by atoms with E-state index in [1.54, 1.807) is 6.92 Å². The predicted octanol–water partition coefficient (Wildman–Crippen LogP) is 4.46. The van der Waals surface area contributed by atoms with E-state index in [4.69, 9.17) is 11.6 Å². The van der Waals surface area contributed by atoms with E-state index in [1.165, 1.54) is 0 Å². The zero-order valence-corrected chi connectivity index (χ0v) is 12.5. The maximum absolute atomic E-state index is 9.18. The average Bonchev–Trinajstić information content (AvgIpc) is 2.85. The predicted molar refractivity (Wildman–Crippen MR) is 86.0 cm³/mol. The number of carbonyl (C=O) groups is 1. The van der Waals surface area contributed by atoms with E-state index >= 15 is 0 Å². The standard InChI is InChI=1S/C14H10ClN.C3H6O2/c15-14-10-11-6-4-5-9-13(11)16(14)12-7-2-1-3-8-12;1-2-5-3-4/h1-10H;3H,2H2,1H3. The number of ether oxygens (including phenoxy) is 1. The molecule has 1 heterocycles. The van der Waals surface area contributed by atoms with Gasteiger partial charge in [-0.2, -0.15) is 0 Å². The highest BCUT2D eigenvalue weighted by Gasteiger charge is 2.07. The monoisotopic (exact) mass is 301 g/mol. The Morgan fingerprint density at radius 2 is 1.76 bits per heavy atom. The molecule has 0 aliphatic rings. The largest absolute Gasteiger partial charge is 0.468 e. The van der Waals surface area contributed by atoms with Crippen LogP contribution in [0.4, 0.5) is 0 Å². The summed E-state index contributed by atoms with van der Waals surface area (Å²) < 4.78 is 6.21. The molecule has 108 valence electrons. The number of hydrogen-bond donors (Lipinski definition) is 0. The van der Waals surface area contributed by atoms with Gasteiger partial charge in [-0.3, -0.25) is 4.79 Å². The molecule has 4 heteroatoms. The van der Waals surface area contributed by atoms with Crippen molar-refractivity contribution in [2.24, 2.45) is 0 Å². The molecule has 0 aliphatic carbocycles. The molecule has 1 aromatic heterocycles. The van der Waals surface area contributed by atoms with Crippen molar-refractivity contribution in [1.82, 2.24) is 4.57 Å². The van der Waals surface area contributed by atoms with Crippen molar-refractivity contribution in [3.8, 4) is 5.69 Å². The van der Waals surface area contributed by atoms with Crippen LogP contribution in [-0.2, 0) is 9.53 Å². The summed E-state index contributed by atoms with van der Waals surface area (Å²) in [5, 5.41) is 1.91. The molecule has 0 N–H and O–H groups in total. The summed E-state index contributed by atoms with van der Waals surface area (Å²) in [6.45, 7) is 2.66. The minimum atomic E-state index is 0.431. The number of nitrogens with zero attached hydrogens (tertiary/aromatic N) is 1. The molecule has 0 bridgehead atoms. The third kappa shape index (κ3) is 3.64. The quantitative estimate of drug-likeness (QED) is 0.669. The zero-order chi connectivity index (χ0) is 15.1. The van der Waals surface area contributed by atoms with Crippen LogP contribution in [0.5, 0.6) is 0 Å². The van der Waals surface area contributed by atoms with Crippen molar-refractivity contribution in [3.05, 3.63) is 65.8 Å². The van der Waals surface area contributed by atoms with Gasteiger partial charge in [0, 0.05) is 11.1 Å². The van der Waals surface area contributed by atoms with Crippen LogP contribution in [0.2, 0.25) is 5.15 Å². The Balaban J connectivity index is 0.000000282. The van der Waals surface area contributed by atoms with Gasteiger partial charge < -0.3 is 9.30 Å². The minimum Gasteiger partial charge on any atom is -0.468 e. The smallest absolute Gasteiger partial charge is 0.293 e. The molecule has 2 aromatic carbocycles.